The summed E-state index contributed by atoms with van der Waals surface area (Å²) in [5.74, 6) is -0.348. The van der Waals surface area contributed by atoms with Crippen LogP contribution in [0.4, 0.5) is 5.69 Å². The van der Waals surface area contributed by atoms with Gasteiger partial charge in [-0.25, -0.2) is 0 Å². The number of carbonyl (C=O) groups is 2. The Labute approximate surface area is 125 Å². The van der Waals surface area contributed by atoms with E-state index in [1.807, 2.05) is 0 Å². The van der Waals surface area contributed by atoms with E-state index in [1.165, 1.54) is 6.92 Å². The third-order valence-corrected chi connectivity index (χ3v) is 3.73. The molecule has 0 spiro atoms. The van der Waals surface area contributed by atoms with Crippen LogP contribution in [0.3, 0.4) is 0 Å². The van der Waals surface area contributed by atoms with Crippen LogP contribution in [0.15, 0.2) is 30.3 Å². The molecule has 0 aliphatic heterocycles. The number of hydrogen-bond donors (Lipinski definition) is 1. The van der Waals surface area contributed by atoms with Crippen LogP contribution < -0.4 is 5.32 Å². The first kappa shape index (κ1) is 13.2. The lowest BCUT2D eigenvalue weighted by Crippen LogP contribution is -2.07. The van der Waals surface area contributed by atoms with Crippen LogP contribution in [0.5, 0.6) is 0 Å². The number of benzene rings is 2. The molecule has 3 nitrogen and oxygen atoms in total. The summed E-state index contributed by atoms with van der Waals surface area (Å²) in [4.78, 5) is 23.5. The Morgan fingerprint density at radius 3 is 2.40 bits per heavy atom. The molecule has 2 aromatic carbocycles. The Morgan fingerprint density at radius 1 is 1.00 bits per heavy atom. The van der Waals surface area contributed by atoms with Crippen LogP contribution in [0, 0.1) is 0 Å². The minimum atomic E-state index is -0.238. The number of rotatable bonds is 1. The van der Waals surface area contributed by atoms with E-state index < -0.39 is 0 Å². The zero-order chi connectivity index (χ0) is 14.4. The van der Waals surface area contributed by atoms with Gasteiger partial charge in [0.15, 0.2) is 5.78 Å². The van der Waals surface area contributed by atoms with Crippen LogP contribution in [0.25, 0.3) is 11.1 Å². The lowest BCUT2D eigenvalue weighted by Gasteiger charge is -2.08. The van der Waals surface area contributed by atoms with Gasteiger partial charge in [-0.1, -0.05) is 29.3 Å². The Bertz CT molecular complexity index is 769. The zero-order valence-corrected chi connectivity index (χ0v) is 12.0. The predicted molar refractivity (Wildman–Crippen MR) is 79.6 cm³/mol. The van der Waals surface area contributed by atoms with Gasteiger partial charge in [-0.2, -0.15) is 0 Å². The summed E-state index contributed by atoms with van der Waals surface area (Å²) in [7, 11) is 0. The summed E-state index contributed by atoms with van der Waals surface area (Å²) in [5.41, 5.74) is 3.09. The van der Waals surface area contributed by atoms with Crippen molar-refractivity contribution in [1.82, 2.24) is 0 Å². The first-order valence-corrected chi connectivity index (χ1v) is 6.68. The first-order valence-electron chi connectivity index (χ1n) is 5.93. The highest BCUT2D eigenvalue weighted by Gasteiger charge is 2.28. The standard InChI is InChI=1S/C15H9Cl2NO2/c1-7(19)18-14-6-12-10(5-13(14)17)9-3-2-8(16)4-11(9)15(12)20/h2-6H,1H3,(H,18,19). The average Bonchev–Trinajstić information content (AvgIpc) is 2.63. The summed E-state index contributed by atoms with van der Waals surface area (Å²) in [6, 6.07) is 8.48. The van der Waals surface area contributed by atoms with E-state index in [0.29, 0.717) is 26.9 Å². The molecule has 1 N–H and O–H groups in total. The third-order valence-electron chi connectivity index (χ3n) is 3.18. The maximum atomic E-state index is 12.4. The van der Waals surface area contributed by atoms with Gasteiger partial charge in [0.25, 0.3) is 0 Å². The SMILES string of the molecule is CC(=O)Nc1cc2c(cc1Cl)-c1ccc(Cl)cc1C2=O. The lowest BCUT2D eigenvalue weighted by atomic mass is 10.1. The van der Waals surface area contributed by atoms with Crippen molar-refractivity contribution in [2.45, 2.75) is 6.92 Å². The monoisotopic (exact) mass is 305 g/mol. The summed E-state index contributed by atoms with van der Waals surface area (Å²) in [6.45, 7) is 1.39. The predicted octanol–water partition coefficient (Wildman–Crippen LogP) is 4.16. The maximum Gasteiger partial charge on any atom is 0.221 e. The Hall–Kier alpha value is -1.84. The highest BCUT2D eigenvalue weighted by atomic mass is 35.5. The van der Waals surface area contributed by atoms with Gasteiger partial charge in [-0.3, -0.25) is 9.59 Å². The molecule has 0 fully saturated rings. The second-order valence-electron chi connectivity index (χ2n) is 4.58. The van der Waals surface area contributed by atoms with Crippen LogP contribution in [0.2, 0.25) is 10.0 Å². The Kier molecular flexibility index (Phi) is 3.04. The smallest absolute Gasteiger partial charge is 0.221 e. The van der Waals surface area contributed by atoms with Gasteiger partial charge < -0.3 is 5.32 Å². The zero-order valence-electron chi connectivity index (χ0n) is 10.5. The molecule has 5 heteroatoms. The van der Waals surface area contributed by atoms with Gasteiger partial charge in [0, 0.05) is 23.1 Å². The molecule has 0 bridgehead atoms. The number of halogens is 2. The summed E-state index contributed by atoms with van der Waals surface area (Å²) in [6.07, 6.45) is 0. The van der Waals surface area contributed by atoms with E-state index in [0.717, 1.165) is 11.1 Å². The van der Waals surface area contributed by atoms with Crippen LogP contribution in [-0.4, -0.2) is 11.7 Å². The lowest BCUT2D eigenvalue weighted by molar-refractivity contribution is -0.114. The molecule has 20 heavy (non-hydrogen) atoms. The van der Waals surface area contributed by atoms with Crippen molar-refractivity contribution in [1.29, 1.82) is 0 Å². The van der Waals surface area contributed by atoms with Crippen molar-refractivity contribution in [3.05, 3.63) is 51.5 Å². The van der Waals surface area contributed by atoms with Gasteiger partial charge in [-0.15, -0.1) is 0 Å². The second kappa shape index (κ2) is 4.62. The molecule has 0 saturated carbocycles. The van der Waals surface area contributed by atoms with Crippen molar-refractivity contribution in [3.8, 4) is 11.1 Å². The normalized spacial score (nSPS) is 12.1. The van der Waals surface area contributed by atoms with Crippen molar-refractivity contribution in [2.24, 2.45) is 0 Å². The van der Waals surface area contributed by atoms with E-state index in [9.17, 15) is 9.59 Å². The van der Waals surface area contributed by atoms with Crippen molar-refractivity contribution < 1.29 is 9.59 Å². The largest absolute Gasteiger partial charge is 0.325 e. The van der Waals surface area contributed by atoms with Crippen molar-refractivity contribution in [2.75, 3.05) is 5.32 Å². The summed E-state index contributed by atoms with van der Waals surface area (Å²) in [5, 5.41) is 3.52. The topological polar surface area (TPSA) is 46.2 Å². The molecule has 1 aliphatic carbocycles. The molecule has 0 heterocycles. The molecule has 100 valence electrons. The van der Waals surface area contributed by atoms with Gasteiger partial charge in [0.2, 0.25) is 5.91 Å². The van der Waals surface area contributed by atoms with E-state index in [-0.39, 0.29) is 11.7 Å². The molecule has 0 aromatic heterocycles. The average molecular weight is 306 g/mol. The molecule has 2 aromatic rings. The fourth-order valence-electron chi connectivity index (χ4n) is 2.35. The van der Waals surface area contributed by atoms with Crippen LogP contribution >= 0.6 is 23.2 Å². The summed E-state index contributed by atoms with van der Waals surface area (Å²) < 4.78 is 0. The number of ketones is 1. The molecular formula is C15H9Cl2NO2. The quantitative estimate of drug-likeness (QED) is 0.733. The highest BCUT2D eigenvalue weighted by Crippen LogP contribution is 2.41. The third kappa shape index (κ3) is 1.99. The Morgan fingerprint density at radius 2 is 1.70 bits per heavy atom. The van der Waals surface area contributed by atoms with Crippen molar-refractivity contribution >= 4 is 40.6 Å². The molecule has 1 amide bonds. The molecule has 0 radical (unpaired) electrons. The molecule has 0 saturated heterocycles. The minimum Gasteiger partial charge on any atom is -0.325 e. The van der Waals surface area contributed by atoms with E-state index in [2.05, 4.69) is 5.32 Å². The van der Waals surface area contributed by atoms with Gasteiger partial charge in [-0.05, 0) is 35.4 Å². The molecule has 0 atom stereocenters. The molecule has 3 rings (SSSR count). The fraction of sp³-hybridized carbons (Fsp3) is 0.0667. The van der Waals surface area contributed by atoms with Gasteiger partial charge in [0.1, 0.15) is 0 Å². The van der Waals surface area contributed by atoms with Gasteiger partial charge >= 0.3 is 0 Å². The molecule has 0 unspecified atom stereocenters. The van der Waals surface area contributed by atoms with Crippen molar-refractivity contribution in [3.63, 3.8) is 0 Å². The number of hydrogen-bond acceptors (Lipinski definition) is 2. The number of carbonyl (C=O) groups excluding carboxylic acids is 2. The van der Waals surface area contributed by atoms with E-state index in [1.54, 1.807) is 30.3 Å². The number of amides is 1. The first-order chi connectivity index (χ1) is 9.47. The fourth-order valence-corrected chi connectivity index (χ4v) is 2.74. The summed E-state index contributed by atoms with van der Waals surface area (Å²) >= 11 is 12.1. The van der Waals surface area contributed by atoms with E-state index >= 15 is 0 Å². The molecule has 1 aliphatic rings. The molecular weight excluding hydrogens is 297 g/mol. The maximum absolute atomic E-state index is 12.4. The minimum absolute atomic E-state index is 0.110. The van der Waals surface area contributed by atoms with Crippen LogP contribution in [-0.2, 0) is 4.79 Å². The van der Waals surface area contributed by atoms with E-state index in [4.69, 9.17) is 23.2 Å². The second-order valence-corrected chi connectivity index (χ2v) is 5.42. The van der Waals surface area contributed by atoms with Crippen LogP contribution in [0.1, 0.15) is 22.8 Å². The number of anilines is 1. The number of fused-ring (bicyclic) bond motifs is 3. The van der Waals surface area contributed by atoms with Gasteiger partial charge in [0.05, 0.1) is 10.7 Å². The number of nitrogens with one attached hydrogen (secondary N) is 1. The highest BCUT2D eigenvalue weighted by molar-refractivity contribution is 6.36. The Balaban J connectivity index is 2.20.